The Morgan fingerprint density at radius 3 is 2.89 bits per heavy atom. The molecular formula is C15H22N2O2. The van der Waals surface area contributed by atoms with Crippen LogP contribution in [0.15, 0.2) is 24.3 Å². The summed E-state index contributed by atoms with van der Waals surface area (Å²) in [4.78, 5) is 10.4. The molecule has 104 valence electrons. The van der Waals surface area contributed by atoms with Crippen LogP contribution < -0.4 is 5.32 Å². The first-order chi connectivity index (χ1) is 9.16. The maximum absolute atomic E-state index is 10.7. The summed E-state index contributed by atoms with van der Waals surface area (Å²) in [6, 6.07) is 7.45. The molecule has 4 heteroatoms. The summed E-state index contributed by atoms with van der Waals surface area (Å²) in [5, 5.41) is 14.3. The topological polar surface area (TPSA) is 55.2 Å². The van der Waals surface area contributed by atoms with Crippen LogP contribution in [-0.4, -0.2) is 11.0 Å². The second-order valence-corrected chi connectivity index (χ2v) is 5.53. The normalized spacial score (nSPS) is 23.8. The van der Waals surface area contributed by atoms with Gasteiger partial charge in [-0.15, -0.1) is 0 Å². The zero-order valence-corrected chi connectivity index (χ0v) is 11.5. The number of nitro benzene ring substituents is 1. The third kappa shape index (κ3) is 4.03. The van der Waals surface area contributed by atoms with Crippen molar-refractivity contribution in [3.05, 3.63) is 39.9 Å². The maximum atomic E-state index is 10.7. The second-order valence-electron chi connectivity index (χ2n) is 5.53. The summed E-state index contributed by atoms with van der Waals surface area (Å²) < 4.78 is 0. The SMILES string of the molecule is CC1CCCCCC1NCc1cccc([N+](=O)[O-])c1. The molecule has 0 heterocycles. The Labute approximate surface area is 114 Å². The standard InChI is InChI=1S/C15H22N2O2/c1-12-6-3-2-4-9-15(12)16-11-13-7-5-8-14(10-13)17(18)19/h5,7-8,10,12,15-16H,2-4,6,9,11H2,1H3. The summed E-state index contributed by atoms with van der Waals surface area (Å²) in [5.74, 6) is 0.696. The molecule has 1 aromatic rings. The lowest BCUT2D eigenvalue weighted by Crippen LogP contribution is -2.33. The van der Waals surface area contributed by atoms with Crippen molar-refractivity contribution < 1.29 is 4.92 Å². The van der Waals surface area contributed by atoms with Gasteiger partial charge >= 0.3 is 0 Å². The highest BCUT2D eigenvalue weighted by molar-refractivity contribution is 5.34. The fourth-order valence-corrected chi connectivity index (χ4v) is 2.83. The monoisotopic (exact) mass is 262 g/mol. The molecule has 2 rings (SSSR count). The molecule has 1 saturated carbocycles. The van der Waals surface area contributed by atoms with Crippen molar-refractivity contribution in [3.8, 4) is 0 Å². The summed E-state index contributed by atoms with van der Waals surface area (Å²) >= 11 is 0. The van der Waals surface area contributed by atoms with Crippen molar-refractivity contribution in [2.45, 2.75) is 51.6 Å². The fraction of sp³-hybridized carbons (Fsp3) is 0.600. The molecule has 0 bridgehead atoms. The number of non-ortho nitro benzene ring substituents is 1. The maximum Gasteiger partial charge on any atom is 0.269 e. The third-order valence-electron chi connectivity index (χ3n) is 4.05. The fourth-order valence-electron chi connectivity index (χ4n) is 2.83. The van der Waals surface area contributed by atoms with Crippen molar-refractivity contribution in [2.24, 2.45) is 5.92 Å². The molecule has 1 aliphatic rings. The molecule has 0 aromatic heterocycles. The Morgan fingerprint density at radius 2 is 2.11 bits per heavy atom. The zero-order chi connectivity index (χ0) is 13.7. The number of hydrogen-bond donors (Lipinski definition) is 1. The van der Waals surface area contributed by atoms with Gasteiger partial charge in [-0.1, -0.05) is 38.3 Å². The Morgan fingerprint density at radius 1 is 1.32 bits per heavy atom. The van der Waals surface area contributed by atoms with E-state index in [1.165, 1.54) is 38.2 Å². The second kappa shape index (κ2) is 6.66. The van der Waals surface area contributed by atoms with Crippen LogP contribution in [0.5, 0.6) is 0 Å². The zero-order valence-electron chi connectivity index (χ0n) is 11.5. The molecule has 19 heavy (non-hydrogen) atoms. The van der Waals surface area contributed by atoms with E-state index in [1.807, 2.05) is 6.07 Å². The van der Waals surface area contributed by atoms with Gasteiger partial charge in [-0.3, -0.25) is 10.1 Å². The minimum Gasteiger partial charge on any atom is -0.310 e. The van der Waals surface area contributed by atoms with E-state index in [0.717, 1.165) is 12.1 Å². The molecule has 0 spiro atoms. The van der Waals surface area contributed by atoms with Crippen LogP contribution in [-0.2, 0) is 6.54 Å². The van der Waals surface area contributed by atoms with E-state index in [1.54, 1.807) is 12.1 Å². The lowest BCUT2D eigenvalue weighted by atomic mass is 9.97. The number of nitro groups is 1. The Hall–Kier alpha value is -1.42. The number of nitrogens with zero attached hydrogens (tertiary/aromatic N) is 1. The molecule has 0 radical (unpaired) electrons. The molecule has 2 atom stereocenters. The van der Waals surface area contributed by atoms with Gasteiger partial charge < -0.3 is 5.32 Å². The van der Waals surface area contributed by atoms with Gasteiger partial charge in [-0.05, 0) is 24.3 Å². The first-order valence-corrected chi connectivity index (χ1v) is 7.13. The minimum atomic E-state index is -0.336. The van der Waals surface area contributed by atoms with Crippen LogP contribution in [0, 0.1) is 16.0 Å². The molecule has 0 aliphatic heterocycles. The average molecular weight is 262 g/mol. The van der Waals surface area contributed by atoms with E-state index in [-0.39, 0.29) is 10.6 Å². The van der Waals surface area contributed by atoms with E-state index in [9.17, 15) is 10.1 Å². The number of nitrogens with one attached hydrogen (secondary N) is 1. The summed E-state index contributed by atoms with van der Waals surface area (Å²) in [6.45, 7) is 3.02. The van der Waals surface area contributed by atoms with E-state index in [2.05, 4.69) is 12.2 Å². The summed E-state index contributed by atoms with van der Waals surface area (Å²) in [6.07, 6.45) is 6.45. The minimum absolute atomic E-state index is 0.174. The number of benzene rings is 1. The lowest BCUT2D eigenvalue weighted by Gasteiger charge is -2.22. The number of hydrogen-bond acceptors (Lipinski definition) is 3. The van der Waals surface area contributed by atoms with Crippen molar-refractivity contribution in [3.63, 3.8) is 0 Å². The van der Waals surface area contributed by atoms with E-state index in [4.69, 9.17) is 0 Å². The van der Waals surface area contributed by atoms with Crippen LogP contribution in [0.25, 0.3) is 0 Å². The van der Waals surface area contributed by atoms with E-state index in [0.29, 0.717) is 12.0 Å². The molecule has 2 unspecified atom stereocenters. The molecule has 0 saturated heterocycles. The molecular weight excluding hydrogens is 240 g/mol. The van der Waals surface area contributed by atoms with Crippen molar-refractivity contribution in [1.29, 1.82) is 0 Å². The molecule has 1 N–H and O–H groups in total. The highest BCUT2D eigenvalue weighted by Gasteiger charge is 2.19. The predicted molar refractivity (Wildman–Crippen MR) is 76.0 cm³/mol. The summed E-state index contributed by atoms with van der Waals surface area (Å²) in [5.41, 5.74) is 1.17. The molecule has 1 aromatic carbocycles. The van der Waals surface area contributed by atoms with E-state index < -0.39 is 0 Å². The van der Waals surface area contributed by atoms with Crippen LogP contribution in [0.3, 0.4) is 0 Å². The third-order valence-corrected chi connectivity index (χ3v) is 4.05. The largest absolute Gasteiger partial charge is 0.310 e. The van der Waals surface area contributed by atoms with Crippen LogP contribution in [0.4, 0.5) is 5.69 Å². The summed E-state index contributed by atoms with van der Waals surface area (Å²) in [7, 11) is 0. The van der Waals surface area contributed by atoms with Gasteiger partial charge in [0.05, 0.1) is 4.92 Å². The van der Waals surface area contributed by atoms with Crippen LogP contribution in [0.2, 0.25) is 0 Å². The van der Waals surface area contributed by atoms with Crippen LogP contribution >= 0.6 is 0 Å². The van der Waals surface area contributed by atoms with Gasteiger partial charge in [-0.25, -0.2) is 0 Å². The van der Waals surface area contributed by atoms with Gasteiger partial charge in [0.25, 0.3) is 5.69 Å². The number of rotatable bonds is 4. The van der Waals surface area contributed by atoms with Gasteiger partial charge in [-0.2, -0.15) is 0 Å². The van der Waals surface area contributed by atoms with Crippen molar-refractivity contribution >= 4 is 5.69 Å². The van der Waals surface area contributed by atoms with E-state index >= 15 is 0 Å². The molecule has 1 aliphatic carbocycles. The van der Waals surface area contributed by atoms with Crippen molar-refractivity contribution in [1.82, 2.24) is 5.32 Å². The Balaban J connectivity index is 1.93. The quantitative estimate of drug-likeness (QED) is 0.512. The Kier molecular flexibility index (Phi) is 4.91. The molecule has 4 nitrogen and oxygen atoms in total. The molecule has 1 fully saturated rings. The van der Waals surface area contributed by atoms with Gasteiger partial charge in [0.15, 0.2) is 0 Å². The first-order valence-electron chi connectivity index (χ1n) is 7.13. The van der Waals surface area contributed by atoms with Crippen molar-refractivity contribution in [2.75, 3.05) is 0 Å². The van der Waals surface area contributed by atoms with Crippen LogP contribution in [0.1, 0.15) is 44.6 Å². The highest BCUT2D eigenvalue weighted by atomic mass is 16.6. The average Bonchev–Trinajstić information content (AvgIpc) is 2.61. The smallest absolute Gasteiger partial charge is 0.269 e. The lowest BCUT2D eigenvalue weighted by molar-refractivity contribution is -0.384. The van der Waals surface area contributed by atoms with Gasteiger partial charge in [0, 0.05) is 24.7 Å². The predicted octanol–water partition coefficient (Wildman–Crippen LogP) is 3.65. The first kappa shape index (κ1) is 14.0. The highest BCUT2D eigenvalue weighted by Crippen LogP contribution is 2.23. The Bertz CT molecular complexity index is 434. The van der Waals surface area contributed by atoms with Gasteiger partial charge in [0.2, 0.25) is 0 Å². The van der Waals surface area contributed by atoms with Gasteiger partial charge in [0.1, 0.15) is 0 Å². The molecule has 0 amide bonds.